The molecule has 1 aromatic rings. The summed E-state index contributed by atoms with van der Waals surface area (Å²) in [6.45, 7) is 8.95. The third-order valence-corrected chi connectivity index (χ3v) is 3.65. The van der Waals surface area contributed by atoms with Gasteiger partial charge in [0, 0.05) is 38.4 Å². The van der Waals surface area contributed by atoms with Crippen molar-refractivity contribution in [2.45, 2.75) is 11.9 Å². The molecule has 6 nitrogen and oxygen atoms in total. The molecule has 0 amide bonds. The minimum Gasteiger partial charge on any atom is -0.354 e. The third-order valence-electron chi connectivity index (χ3n) is 2.80. The Kier molecular flexibility index (Phi) is 5.25. The number of aromatic nitrogens is 2. The minimum atomic E-state index is 0.476. The third kappa shape index (κ3) is 3.88. The highest BCUT2D eigenvalue weighted by Crippen LogP contribution is 2.26. The number of carbonyl (C=O) groups is 1. The topological polar surface area (TPSA) is 70.5 Å². The standard InChI is InChI=1S/C13H17N5OS/c1-10-16-12(18-5-3-15-4-6-18)7-13(17-10)20-11(9-19)8-14-2/h7-9,15H,2-6H2,1H3/b11-8-. The lowest BCUT2D eigenvalue weighted by Crippen LogP contribution is -2.44. The van der Waals surface area contributed by atoms with E-state index in [1.807, 2.05) is 13.0 Å². The van der Waals surface area contributed by atoms with Crippen molar-refractivity contribution in [2.24, 2.45) is 4.99 Å². The summed E-state index contributed by atoms with van der Waals surface area (Å²) in [5.74, 6) is 1.60. The zero-order valence-corrected chi connectivity index (χ0v) is 12.2. The normalized spacial score (nSPS) is 16.1. The van der Waals surface area contributed by atoms with Gasteiger partial charge in [-0.3, -0.25) is 9.79 Å². The predicted octanol–water partition coefficient (Wildman–Crippen LogP) is 1.03. The van der Waals surface area contributed by atoms with E-state index >= 15 is 0 Å². The molecule has 20 heavy (non-hydrogen) atoms. The molecule has 0 unspecified atom stereocenters. The molecule has 0 atom stereocenters. The lowest BCUT2D eigenvalue weighted by molar-refractivity contribution is -0.104. The molecular weight excluding hydrogens is 274 g/mol. The number of nitrogens with zero attached hydrogens (tertiary/aromatic N) is 4. The van der Waals surface area contributed by atoms with Crippen LogP contribution in [0.4, 0.5) is 5.82 Å². The molecule has 7 heteroatoms. The van der Waals surface area contributed by atoms with Gasteiger partial charge >= 0.3 is 0 Å². The van der Waals surface area contributed by atoms with Crippen LogP contribution >= 0.6 is 11.8 Å². The number of rotatable bonds is 5. The Balaban J connectivity index is 2.21. The number of nitrogens with one attached hydrogen (secondary N) is 1. The van der Waals surface area contributed by atoms with Gasteiger partial charge in [-0.15, -0.1) is 0 Å². The van der Waals surface area contributed by atoms with Crippen LogP contribution in [0.15, 0.2) is 27.2 Å². The summed E-state index contributed by atoms with van der Waals surface area (Å²) in [6, 6.07) is 1.91. The molecule has 2 heterocycles. The van der Waals surface area contributed by atoms with Gasteiger partial charge in [0.05, 0.1) is 4.91 Å². The number of thioether (sulfide) groups is 1. The molecule has 2 rings (SSSR count). The number of aldehydes is 1. The first-order chi connectivity index (χ1) is 9.72. The first-order valence-electron chi connectivity index (χ1n) is 6.33. The van der Waals surface area contributed by atoms with Crippen LogP contribution in [0.2, 0.25) is 0 Å². The maximum Gasteiger partial charge on any atom is 0.158 e. The summed E-state index contributed by atoms with van der Waals surface area (Å²) >= 11 is 1.27. The average molecular weight is 291 g/mol. The molecular formula is C13H17N5OS. The summed E-state index contributed by atoms with van der Waals surface area (Å²) in [4.78, 5) is 26.0. The van der Waals surface area contributed by atoms with Crippen molar-refractivity contribution in [3.63, 3.8) is 0 Å². The zero-order chi connectivity index (χ0) is 14.4. The Hall–Kier alpha value is -1.73. The number of carbonyl (C=O) groups excluding carboxylic acids is 1. The second-order valence-corrected chi connectivity index (χ2v) is 5.38. The summed E-state index contributed by atoms with van der Waals surface area (Å²) in [5.41, 5.74) is 0. The van der Waals surface area contributed by atoms with Crippen LogP contribution in [0.3, 0.4) is 0 Å². The summed E-state index contributed by atoms with van der Waals surface area (Å²) in [5, 5.41) is 4.05. The molecule has 1 fully saturated rings. The van der Waals surface area contributed by atoms with Crippen LogP contribution in [-0.2, 0) is 4.79 Å². The Morgan fingerprint density at radius 2 is 2.25 bits per heavy atom. The van der Waals surface area contributed by atoms with Gasteiger partial charge in [-0.2, -0.15) is 0 Å². The Labute approximate surface area is 122 Å². The van der Waals surface area contributed by atoms with Crippen LogP contribution in [0.25, 0.3) is 0 Å². The Bertz CT molecular complexity index is 525. The van der Waals surface area contributed by atoms with Gasteiger partial charge in [0.2, 0.25) is 0 Å². The van der Waals surface area contributed by atoms with Crippen molar-refractivity contribution < 1.29 is 4.79 Å². The molecule has 0 bridgehead atoms. The van der Waals surface area contributed by atoms with E-state index in [-0.39, 0.29) is 0 Å². The SMILES string of the molecule is C=N/C=C(/C=O)Sc1cc(N2CCNCC2)nc(C)n1. The molecule has 1 N–H and O–H groups in total. The fraction of sp³-hybridized carbons (Fsp3) is 0.385. The van der Waals surface area contributed by atoms with E-state index < -0.39 is 0 Å². The second-order valence-electron chi connectivity index (χ2n) is 4.28. The van der Waals surface area contributed by atoms with Gasteiger partial charge in [0.15, 0.2) is 6.29 Å². The number of hydrogen-bond donors (Lipinski definition) is 1. The van der Waals surface area contributed by atoms with E-state index in [1.54, 1.807) is 0 Å². The predicted molar refractivity (Wildman–Crippen MR) is 81.4 cm³/mol. The second kappa shape index (κ2) is 7.16. The lowest BCUT2D eigenvalue weighted by atomic mass is 10.3. The van der Waals surface area contributed by atoms with Gasteiger partial charge in [0.25, 0.3) is 0 Å². The van der Waals surface area contributed by atoms with E-state index in [0.29, 0.717) is 10.7 Å². The number of aryl methyl sites for hydroxylation is 1. The number of allylic oxidation sites excluding steroid dienone is 1. The molecule has 0 aromatic carbocycles. The smallest absolute Gasteiger partial charge is 0.158 e. The van der Waals surface area contributed by atoms with Gasteiger partial charge in [-0.1, -0.05) is 11.8 Å². The lowest BCUT2D eigenvalue weighted by Gasteiger charge is -2.28. The highest BCUT2D eigenvalue weighted by atomic mass is 32.2. The van der Waals surface area contributed by atoms with Gasteiger partial charge in [0.1, 0.15) is 16.7 Å². The molecule has 1 saturated heterocycles. The first-order valence-corrected chi connectivity index (χ1v) is 7.15. The van der Waals surface area contributed by atoms with Crippen molar-refractivity contribution in [2.75, 3.05) is 31.1 Å². The maximum atomic E-state index is 10.9. The van der Waals surface area contributed by atoms with Crippen molar-refractivity contribution in [1.29, 1.82) is 0 Å². The van der Waals surface area contributed by atoms with Crippen LogP contribution in [0.1, 0.15) is 5.82 Å². The van der Waals surface area contributed by atoms with E-state index in [9.17, 15) is 4.79 Å². The molecule has 1 aliphatic rings. The molecule has 0 aliphatic carbocycles. The van der Waals surface area contributed by atoms with Crippen molar-refractivity contribution in [3.05, 3.63) is 23.0 Å². The molecule has 1 aromatic heterocycles. The number of hydrogen-bond acceptors (Lipinski definition) is 7. The molecule has 106 valence electrons. The summed E-state index contributed by atoms with van der Waals surface area (Å²) in [6.07, 6.45) is 2.18. The highest BCUT2D eigenvalue weighted by molar-refractivity contribution is 8.03. The van der Waals surface area contributed by atoms with E-state index in [2.05, 4.69) is 31.9 Å². The number of aliphatic imine (C=N–C) groups is 1. The Morgan fingerprint density at radius 1 is 1.50 bits per heavy atom. The minimum absolute atomic E-state index is 0.476. The van der Waals surface area contributed by atoms with Gasteiger partial charge < -0.3 is 10.2 Å². The maximum absolute atomic E-state index is 10.9. The molecule has 1 aliphatic heterocycles. The largest absolute Gasteiger partial charge is 0.354 e. The van der Waals surface area contributed by atoms with E-state index in [0.717, 1.165) is 43.3 Å². The fourth-order valence-electron chi connectivity index (χ4n) is 1.93. The van der Waals surface area contributed by atoms with E-state index in [4.69, 9.17) is 0 Å². The van der Waals surface area contributed by atoms with Crippen molar-refractivity contribution >= 4 is 30.6 Å². The van der Waals surface area contributed by atoms with Gasteiger partial charge in [-0.05, 0) is 13.6 Å². The quantitative estimate of drug-likeness (QED) is 0.287. The average Bonchev–Trinajstić information content (AvgIpc) is 2.47. The first kappa shape index (κ1) is 14.7. The summed E-state index contributed by atoms with van der Waals surface area (Å²) in [7, 11) is 0. The molecule has 0 saturated carbocycles. The molecule has 0 spiro atoms. The number of piperazine rings is 1. The fourth-order valence-corrected chi connectivity index (χ4v) is 2.68. The van der Waals surface area contributed by atoms with E-state index in [1.165, 1.54) is 18.0 Å². The Morgan fingerprint density at radius 3 is 2.90 bits per heavy atom. The monoisotopic (exact) mass is 291 g/mol. The van der Waals surface area contributed by atoms with Crippen LogP contribution in [-0.4, -0.2) is 49.2 Å². The van der Waals surface area contributed by atoms with Crippen molar-refractivity contribution in [3.8, 4) is 0 Å². The van der Waals surface area contributed by atoms with Crippen molar-refractivity contribution in [1.82, 2.24) is 15.3 Å². The number of anilines is 1. The van der Waals surface area contributed by atoms with Crippen LogP contribution < -0.4 is 10.2 Å². The zero-order valence-electron chi connectivity index (χ0n) is 11.4. The van der Waals surface area contributed by atoms with Gasteiger partial charge in [-0.25, -0.2) is 9.97 Å². The molecule has 0 radical (unpaired) electrons. The highest BCUT2D eigenvalue weighted by Gasteiger charge is 2.14. The van der Waals surface area contributed by atoms with Crippen LogP contribution in [0, 0.1) is 6.92 Å². The summed E-state index contributed by atoms with van der Waals surface area (Å²) < 4.78 is 0. The van der Waals surface area contributed by atoms with Crippen LogP contribution in [0.5, 0.6) is 0 Å².